The maximum Gasteiger partial charge on any atom is 0.258 e. The van der Waals surface area contributed by atoms with Crippen LogP contribution in [0.1, 0.15) is 30.3 Å². The fourth-order valence-electron chi connectivity index (χ4n) is 4.05. The van der Waals surface area contributed by atoms with Gasteiger partial charge in [-0.15, -0.1) is 0 Å². The van der Waals surface area contributed by atoms with Gasteiger partial charge in [0.05, 0.1) is 25.1 Å². The summed E-state index contributed by atoms with van der Waals surface area (Å²) in [5.41, 5.74) is 1.82. The predicted octanol–water partition coefficient (Wildman–Crippen LogP) is 3.32. The molecule has 2 heterocycles. The number of benzene rings is 2. The highest BCUT2D eigenvalue weighted by atomic mass is 16.5. The lowest BCUT2D eigenvalue weighted by Gasteiger charge is -2.26. The van der Waals surface area contributed by atoms with E-state index in [1.54, 1.807) is 20.3 Å². The molecular formula is C22H25N3O3. The third-order valence-corrected chi connectivity index (χ3v) is 5.46. The Kier molecular flexibility index (Phi) is 5.30. The van der Waals surface area contributed by atoms with Gasteiger partial charge in [-0.1, -0.05) is 12.1 Å². The molecule has 0 bridgehead atoms. The molecule has 1 aliphatic heterocycles. The first-order valence-electron chi connectivity index (χ1n) is 9.63. The molecule has 0 saturated carbocycles. The highest BCUT2D eigenvalue weighted by Crippen LogP contribution is 2.38. The van der Waals surface area contributed by atoms with Crippen LogP contribution in [0.4, 0.5) is 0 Å². The van der Waals surface area contributed by atoms with E-state index in [9.17, 15) is 4.79 Å². The molecule has 3 aromatic rings. The number of methoxy groups -OCH3 is 2. The third-order valence-electron chi connectivity index (χ3n) is 5.46. The minimum absolute atomic E-state index is 0.0759. The van der Waals surface area contributed by atoms with Gasteiger partial charge in [-0.2, -0.15) is 0 Å². The van der Waals surface area contributed by atoms with Gasteiger partial charge in [-0.05, 0) is 49.7 Å². The molecule has 1 aromatic heterocycles. The Morgan fingerprint density at radius 1 is 1.18 bits per heavy atom. The molecule has 146 valence electrons. The van der Waals surface area contributed by atoms with Crippen LogP contribution in [-0.2, 0) is 6.42 Å². The number of fused-ring (bicyclic) bond motifs is 1. The van der Waals surface area contributed by atoms with Crippen LogP contribution in [0, 0.1) is 0 Å². The minimum atomic E-state index is -0.0759. The maximum atomic E-state index is 12.3. The molecule has 4 rings (SSSR count). The van der Waals surface area contributed by atoms with E-state index in [2.05, 4.69) is 20.9 Å². The summed E-state index contributed by atoms with van der Waals surface area (Å²) in [6.45, 7) is 1.84. The second-order valence-corrected chi connectivity index (χ2v) is 7.08. The van der Waals surface area contributed by atoms with E-state index in [4.69, 9.17) is 9.47 Å². The van der Waals surface area contributed by atoms with Crippen LogP contribution < -0.4 is 15.0 Å². The first kappa shape index (κ1) is 18.5. The summed E-state index contributed by atoms with van der Waals surface area (Å²) in [5.74, 6) is 2.45. The average Bonchev–Trinajstić information content (AvgIpc) is 3.20. The quantitative estimate of drug-likeness (QED) is 0.712. The molecule has 28 heavy (non-hydrogen) atoms. The van der Waals surface area contributed by atoms with Gasteiger partial charge in [0.15, 0.2) is 0 Å². The van der Waals surface area contributed by atoms with E-state index >= 15 is 0 Å². The monoisotopic (exact) mass is 379 g/mol. The van der Waals surface area contributed by atoms with E-state index in [1.807, 2.05) is 30.3 Å². The first-order chi connectivity index (χ1) is 13.7. The Bertz CT molecular complexity index is 1030. The third kappa shape index (κ3) is 3.60. The predicted molar refractivity (Wildman–Crippen MR) is 109 cm³/mol. The number of ether oxygens (including phenoxy) is 2. The molecule has 2 aromatic carbocycles. The van der Waals surface area contributed by atoms with Gasteiger partial charge < -0.3 is 14.5 Å². The van der Waals surface area contributed by atoms with Crippen molar-refractivity contribution in [2.45, 2.75) is 25.3 Å². The van der Waals surface area contributed by atoms with Gasteiger partial charge in [0.1, 0.15) is 17.3 Å². The number of rotatable bonds is 6. The van der Waals surface area contributed by atoms with Gasteiger partial charge in [-0.3, -0.25) is 9.69 Å². The molecule has 0 radical (unpaired) electrons. The van der Waals surface area contributed by atoms with Gasteiger partial charge >= 0.3 is 0 Å². The number of para-hydroxylation sites is 1. The number of H-pyrrole nitrogens is 1. The summed E-state index contributed by atoms with van der Waals surface area (Å²) in [6, 6.07) is 13.7. The summed E-state index contributed by atoms with van der Waals surface area (Å²) in [4.78, 5) is 22.3. The standard InChI is InChI=1S/C22H25N3O3/c1-27-15-9-10-20(28-2)17(14-15)19-8-5-12-25(19)13-11-21-23-18-7-4-3-6-16(18)22(26)24-21/h3-4,6-7,9-10,14,19H,5,8,11-13H2,1-2H3,(H,23,24,26). The Balaban J connectivity index is 1.55. The smallest absolute Gasteiger partial charge is 0.258 e. The van der Waals surface area contributed by atoms with Crippen LogP contribution >= 0.6 is 0 Å². The van der Waals surface area contributed by atoms with Crippen LogP contribution in [0.3, 0.4) is 0 Å². The number of aromatic nitrogens is 2. The second-order valence-electron chi connectivity index (χ2n) is 7.08. The summed E-state index contributed by atoms with van der Waals surface area (Å²) in [5, 5.41) is 0.631. The van der Waals surface area contributed by atoms with Crippen molar-refractivity contribution in [3.8, 4) is 11.5 Å². The Labute approximate surface area is 164 Å². The summed E-state index contributed by atoms with van der Waals surface area (Å²) in [6.07, 6.45) is 2.90. The van der Waals surface area contributed by atoms with Gasteiger partial charge in [0, 0.05) is 24.6 Å². The fraction of sp³-hybridized carbons (Fsp3) is 0.364. The van der Waals surface area contributed by atoms with Gasteiger partial charge in [0.2, 0.25) is 0 Å². The van der Waals surface area contributed by atoms with Crippen LogP contribution in [-0.4, -0.2) is 42.2 Å². The number of hydrogen-bond donors (Lipinski definition) is 1. The van der Waals surface area contributed by atoms with Gasteiger partial charge in [-0.25, -0.2) is 4.98 Å². The zero-order valence-corrected chi connectivity index (χ0v) is 16.3. The SMILES string of the molecule is COc1ccc(OC)c(C2CCCN2CCc2nc3ccccc3c(=O)[nH]2)c1. The van der Waals surface area contributed by atoms with Crippen molar-refractivity contribution in [2.24, 2.45) is 0 Å². The number of likely N-dealkylation sites (tertiary alicyclic amines) is 1. The summed E-state index contributed by atoms with van der Waals surface area (Å²) >= 11 is 0. The topological polar surface area (TPSA) is 67.5 Å². The average molecular weight is 379 g/mol. The van der Waals surface area contributed by atoms with Crippen LogP contribution in [0.15, 0.2) is 47.3 Å². The molecule has 6 nitrogen and oxygen atoms in total. The lowest BCUT2D eigenvalue weighted by molar-refractivity contribution is 0.252. The van der Waals surface area contributed by atoms with Crippen molar-refractivity contribution >= 4 is 10.9 Å². The summed E-state index contributed by atoms with van der Waals surface area (Å²) in [7, 11) is 3.38. The molecule has 1 saturated heterocycles. The lowest BCUT2D eigenvalue weighted by atomic mass is 10.0. The molecule has 1 aliphatic rings. The van der Waals surface area contributed by atoms with Crippen LogP contribution in [0.2, 0.25) is 0 Å². The highest BCUT2D eigenvalue weighted by Gasteiger charge is 2.28. The number of aromatic amines is 1. The molecule has 1 atom stereocenters. The van der Waals surface area contributed by atoms with Crippen LogP contribution in [0.25, 0.3) is 10.9 Å². The van der Waals surface area contributed by atoms with Crippen LogP contribution in [0.5, 0.6) is 11.5 Å². The first-order valence-corrected chi connectivity index (χ1v) is 9.63. The van der Waals surface area contributed by atoms with E-state index in [0.29, 0.717) is 11.8 Å². The number of hydrogen-bond acceptors (Lipinski definition) is 5. The number of nitrogens with one attached hydrogen (secondary N) is 1. The summed E-state index contributed by atoms with van der Waals surface area (Å²) < 4.78 is 11.0. The Morgan fingerprint density at radius 2 is 2.04 bits per heavy atom. The molecule has 1 unspecified atom stereocenters. The minimum Gasteiger partial charge on any atom is -0.497 e. The van der Waals surface area contributed by atoms with Crippen molar-refractivity contribution in [1.29, 1.82) is 0 Å². The van der Waals surface area contributed by atoms with Gasteiger partial charge in [0.25, 0.3) is 5.56 Å². The largest absolute Gasteiger partial charge is 0.497 e. The molecule has 0 amide bonds. The molecule has 1 fully saturated rings. The lowest BCUT2D eigenvalue weighted by Crippen LogP contribution is -2.27. The zero-order chi connectivity index (χ0) is 19.5. The highest BCUT2D eigenvalue weighted by molar-refractivity contribution is 5.77. The zero-order valence-electron chi connectivity index (χ0n) is 16.3. The van der Waals surface area contributed by atoms with Crippen molar-refractivity contribution in [2.75, 3.05) is 27.3 Å². The second kappa shape index (κ2) is 8.02. The van der Waals surface area contributed by atoms with Crippen molar-refractivity contribution in [1.82, 2.24) is 14.9 Å². The molecular weight excluding hydrogens is 354 g/mol. The fourth-order valence-corrected chi connectivity index (χ4v) is 4.05. The molecule has 1 N–H and O–H groups in total. The Morgan fingerprint density at radius 3 is 2.86 bits per heavy atom. The Hall–Kier alpha value is -2.86. The van der Waals surface area contributed by atoms with E-state index in [1.165, 1.54) is 0 Å². The van der Waals surface area contributed by atoms with E-state index in [-0.39, 0.29) is 11.6 Å². The maximum absolute atomic E-state index is 12.3. The molecule has 0 aliphatic carbocycles. The normalized spacial score (nSPS) is 17.1. The van der Waals surface area contributed by atoms with Crippen molar-refractivity contribution < 1.29 is 9.47 Å². The molecule has 0 spiro atoms. The van der Waals surface area contributed by atoms with Crippen molar-refractivity contribution in [3.63, 3.8) is 0 Å². The van der Waals surface area contributed by atoms with E-state index in [0.717, 1.165) is 54.3 Å². The van der Waals surface area contributed by atoms with E-state index < -0.39 is 0 Å². The number of nitrogens with zero attached hydrogens (tertiary/aromatic N) is 2. The van der Waals surface area contributed by atoms with Crippen molar-refractivity contribution in [3.05, 3.63) is 64.2 Å². The molecule has 6 heteroatoms.